The van der Waals surface area contributed by atoms with Crippen LogP contribution in [-0.4, -0.2) is 37.0 Å². The monoisotopic (exact) mass is 407 g/mol. The number of benzene rings is 2. The molecule has 7 nitrogen and oxygen atoms in total. The molecule has 1 unspecified atom stereocenters. The number of carbonyl (C=O) groups is 3. The highest BCUT2D eigenvalue weighted by atomic mass is 16.5. The van der Waals surface area contributed by atoms with Gasteiger partial charge in [0.2, 0.25) is 0 Å². The first kappa shape index (κ1) is 22.6. The number of anilines is 1. The minimum absolute atomic E-state index is 0.168. The summed E-state index contributed by atoms with van der Waals surface area (Å²) < 4.78 is 5.18. The maximum absolute atomic E-state index is 12.6. The van der Waals surface area contributed by atoms with Crippen LogP contribution in [0.4, 0.5) is 5.69 Å². The molecule has 0 spiro atoms. The Morgan fingerprint density at radius 3 is 2.27 bits per heavy atom. The Morgan fingerprint density at radius 1 is 1.07 bits per heavy atom. The number of esters is 1. The van der Waals surface area contributed by atoms with Crippen molar-refractivity contribution in [2.75, 3.05) is 18.1 Å². The lowest BCUT2D eigenvalue weighted by Gasteiger charge is -2.23. The van der Waals surface area contributed by atoms with Gasteiger partial charge in [-0.25, -0.2) is 4.79 Å². The Morgan fingerprint density at radius 2 is 1.70 bits per heavy atom. The Bertz CT molecular complexity index is 918. The minimum Gasteiger partial charge on any atom is -0.454 e. The van der Waals surface area contributed by atoms with E-state index in [1.807, 2.05) is 25.1 Å². The average molecular weight is 407 g/mol. The molecule has 2 amide bonds. The van der Waals surface area contributed by atoms with Gasteiger partial charge in [-0.15, -0.1) is 0 Å². The number of hydrogen-bond acceptors (Lipinski definition) is 5. The van der Waals surface area contributed by atoms with Crippen LogP contribution in [0.25, 0.3) is 0 Å². The van der Waals surface area contributed by atoms with Gasteiger partial charge in [-0.2, -0.15) is 5.26 Å². The zero-order chi connectivity index (χ0) is 22.1. The first-order chi connectivity index (χ1) is 14.3. The zero-order valence-corrected chi connectivity index (χ0v) is 17.3. The van der Waals surface area contributed by atoms with Crippen LogP contribution >= 0.6 is 0 Å². The molecular weight excluding hydrogens is 382 g/mol. The fourth-order valence-corrected chi connectivity index (χ4v) is 2.73. The van der Waals surface area contributed by atoms with Gasteiger partial charge in [0, 0.05) is 11.3 Å². The van der Waals surface area contributed by atoms with Gasteiger partial charge in [0.15, 0.2) is 6.61 Å². The van der Waals surface area contributed by atoms with Crippen LogP contribution in [0.1, 0.15) is 29.8 Å². The van der Waals surface area contributed by atoms with E-state index in [4.69, 9.17) is 10.00 Å². The summed E-state index contributed by atoms with van der Waals surface area (Å²) in [4.78, 5) is 38.8. The van der Waals surface area contributed by atoms with E-state index < -0.39 is 30.4 Å². The molecule has 0 radical (unpaired) electrons. The molecule has 0 aromatic heterocycles. The second-order valence-electron chi connectivity index (χ2n) is 7.14. The summed E-state index contributed by atoms with van der Waals surface area (Å²) in [5, 5.41) is 11.7. The third kappa shape index (κ3) is 6.17. The molecule has 7 heteroatoms. The van der Waals surface area contributed by atoms with Crippen LogP contribution in [0, 0.1) is 24.2 Å². The van der Waals surface area contributed by atoms with E-state index in [9.17, 15) is 14.4 Å². The Kier molecular flexibility index (Phi) is 8.12. The molecule has 156 valence electrons. The van der Waals surface area contributed by atoms with Crippen LogP contribution in [0.3, 0.4) is 0 Å². The molecule has 0 aliphatic carbocycles. The Balaban J connectivity index is 2.02. The topological polar surface area (TPSA) is 99.5 Å². The van der Waals surface area contributed by atoms with Crippen molar-refractivity contribution in [1.82, 2.24) is 5.32 Å². The number of nitrogens with one attached hydrogen (secondary N) is 1. The number of nitriles is 1. The van der Waals surface area contributed by atoms with Crippen LogP contribution < -0.4 is 10.2 Å². The summed E-state index contributed by atoms with van der Waals surface area (Å²) in [6.07, 6.45) is 0. The number of carbonyl (C=O) groups excluding carboxylic acids is 3. The lowest BCUT2D eigenvalue weighted by Crippen LogP contribution is -2.46. The average Bonchev–Trinajstić information content (AvgIpc) is 2.74. The Hall–Kier alpha value is -3.66. The number of hydrogen-bond donors (Lipinski definition) is 1. The minimum atomic E-state index is -0.909. The molecule has 0 aliphatic heterocycles. The van der Waals surface area contributed by atoms with E-state index in [0.717, 1.165) is 5.56 Å². The molecule has 0 heterocycles. The van der Waals surface area contributed by atoms with Crippen LogP contribution in [0.15, 0.2) is 54.6 Å². The van der Waals surface area contributed by atoms with Crippen molar-refractivity contribution in [3.63, 3.8) is 0 Å². The van der Waals surface area contributed by atoms with Crippen molar-refractivity contribution >= 4 is 23.5 Å². The third-order valence-corrected chi connectivity index (χ3v) is 4.46. The van der Waals surface area contributed by atoms with Gasteiger partial charge in [0.25, 0.3) is 11.8 Å². The summed E-state index contributed by atoms with van der Waals surface area (Å²) in [6.45, 7) is 4.76. The molecule has 0 saturated heterocycles. The van der Waals surface area contributed by atoms with Gasteiger partial charge < -0.3 is 10.1 Å². The molecule has 0 fully saturated rings. The molecule has 2 aromatic carbocycles. The fourth-order valence-electron chi connectivity index (χ4n) is 2.73. The number of nitrogens with zero attached hydrogens (tertiary/aromatic N) is 2. The van der Waals surface area contributed by atoms with Gasteiger partial charge in [0.1, 0.15) is 12.6 Å². The van der Waals surface area contributed by atoms with Gasteiger partial charge in [-0.3, -0.25) is 14.5 Å². The summed E-state index contributed by atoms with van der Waals surface area (Å²) in [5.41, 5.74) is 1.98. The third-order valence-electron chi connectivity index (χ3n) is 4.46. The summed E-state index contributed by atoms with van der Waals surface area (Å²) >= 11 is 0. The molecule has 1 N–H and O–H groups in total. The lowest BCUT2D eigenvalue weighted by atomic mass is 10.0. The van der Waals surface area contributed by atoms with Crippen LogP contribution in [0.5, 0.6) is 0 Å². The molecule has 2 rings (SSSR count). The molecule has 2 aromatic rings. The maximum Gasteiger partial charge on any atom is 0.329 e. The molecular formula is C23H25N3O4. The van der Waals surface area contributed by atoms with E-state index in [0.29, 0.717) is 11.3 Å². The van der Waals surface area contributed by atoms with E-state index in [1.54, 1.807) is 56.3 Å². The van der Waals surface area contributed by atoms with Gasteiger partial charge in [-0.1, -0.05) is 49.7 Å². The standard InChI is InChI=1S/C23H25N3O4/c1-16(2)21(25-22(28)18-11-9-17(3)10-12-18)23(29)30-15-20(27)26(14-13-24)19-7-5-4-6-8-19/h4-12,16,21H,14-15H2,1-3H3,(H,25,28). The second kappa shape index (κ2) is 10.8. The highest BCUT2D eigenvalue weighted by Gasteiger charge is 2.27. The van der Waals surface area contributed by atoms with Gasteiger partial charge in [0.05, 0.1) is 6.07 Å². The fraction of sp³-hybridized carbons (Fsp3) is 0.304. The van der Waals surface area contributed by atoms with Crippen LogP contribution in [-0.2, 0) is 14.3 Å². The second-order valence-corrected chi connectivity index (χ2v) is 7.14. The summed E-state index contributed by atoms with van der Waals surface area (Å²) in [7, 11) is 0. The predicted molar refractivity (Wildman–Crippen MR) is 113 cm³/mol. The van der Waals surface area contributed by atoms with E-state index in [-0.39, 0.29) is 12.5 Å². The number of aryl methyl sites for hydroxylation is 1. The zero-order valence-electron chi connectivity index (χ0n) is 17.3. The molecule has 1 atom stereocenters. The SMILES string of the molecule is Cc1ccc(C(=O)NC(C(=O)OCC(=O)N(CC#N)c2ccccc2)C(C)C)cc1. The number of rotatable bonds is 8. The molecule has 0 aliphatic rings. The molecule has 30 heavy (non-hydrogen) atoms. The summed E-state index contributed by atoms with van der Waals surface area (Å²) in [5.74, 6) is -1.87. The van der Waals surface area contributed by atoms with E-state index >= 15 is 0 Å². The first-order valence-corrected chi connectivity index (χ1v) is 9.60. The largest absolute Gasteiger partial charge is 0.454 e. The number of amides is 2. The van der Waals surface area contributed by atoms with Crippen molar-refractivity contribution in [1.29, 1.82) is 5.26 Å². The maximum atomic E-state index is 12.6. The number of para-hydroxylation sites is 1. The van der Waals surface area contributed by atoms with Crippen molar-refractivity contribution in [2.45, 2.75) is 26.8 Å². The van der Waals surface area contributed by atoms with Crippen molar-refractivity contribution in [3.8, 4) is 6.07 Å². The molecule has 0 saturated carbocycles. The quantitative estimate of drug-likeness (QED) is 0.536. The summed E-state index contributed by atoms with van der Waals surface area (Å²) in [6, 6.07) is 16.7. The van der Waals surface area contributed by atoms with E-state index in [2.05, 4.69) is 5.32 Å². The van der Waals surface area contributed by atoms with Gasteiger partial charge >= 0.3 is 5.97 Å². The van der Waals surface area contributed by atoms with E-state index in [1.165, 1.54) is 4.90 Å². The normalized spacial score (nSPS) is 11.3. The van der Waals surface area contributed by atoms with Crippen LogP contribution in [0.2, 0.25) is 0 Å². The highest BCUT2D eigenvalue weighted by Crippen LogP contribution is 2.14. The molecule has 0 bridgehead atoms. The van der Waals surface area contributed by atoms with Crippen molar-refractivity contribution in [3.05, 3.63) is 65.7 Å². The highest BCUT2D eigenvalue weighted by molar-refractivity contribution is 5.98. The predicted octanol–water partition coefficient (Wildman–Crippen LogP) is 2.85. The lowest BCUT2D eigenvalue weighted by molar-refractivity contribution is -0.150. The van der Waals surface area contributed by atoms with Crippen molar-refractivity contribution < 1.29 is 19.1 Å². The first-order valence-electron chi connectivity index (χ1n) is 9.60. The Labute approximate surface area is 176 Å². The van der Waals surface area contributed by atoms with Crippen molar-refractivity contribution in [2.24, 2.45) is 5.92 Å². The number of ether oxygens (including phenoxy) is 1. The van der Waals surface area contributed by atoms with Gasteiger partial charge in [-0.05, 0) is 37.1 Å². The smallest absolute Gasteiger partial charge is 0.329 e.